The monoisotopic (exact) mass is 587 g/mol. The van der Waals surface area contributed by atoms with Crippen molar-refractivity contribution in [1.29, 1.82) is 0 Å². The third-order valence-electron chi connectivity index (χ3n) is 5.97. The lowest BCUT2D eigenvalue weighted by Crippen LogP contribution is -2.48. The summed E-state index contributed by atoms with van der Waals surface area (Å²) >= 11 is 0. The number of nitrogens with zero attached hydrogens (tertiary/aromatic N) is 2. The van der Waals surface area contributed by atoms with Gasteiger partial charge in [0.15, 0.2) is 0 Å². The van der Waals surface area contributed by atoms with Crippen molar-refractivity contribution in [2.75, 3.05) is 12.8 Å². The van der Waals surface area contributed by atoms with Gasteiger partial charge in [0.1, 0.15) is 17.0 Å². The van der Waals surface area contributed by atoms with Crippen LogP contribution >= 0.6 is 0 Å². The maximum atomic E-state index is 13.0. The second kappa shape index (κ2) is 12.6. The normalized spacial score (nSPS) is 18.0. The van der Waals surface area contributed by atoms with Crippen molar-refractivity contribution in [2.24, 2.45) is 0 Å². The number of carbonyl (C=O) groups excluding carboxylic acids is 2. The van der Waals surface area contributed by atoms with E-state index < -0.39 is 45.4 Å². The van der Waals surface area contributed by atoms with Crippen molar-refractivity contribution >= 4 is 28.2 Å². The van der Waals surface area contributed by atoms with Crippen molar-refractivity contribution in [2.45, 2.75) is 84.6 Å². The van der Waals surface area contributed by atoms with E-state index in [4.69, 9.17) is 14.2 Å². The summed E-state index contributed by atoms with van der Waals surface area (Å²) in [6.45, 7) is 13.0. The third-order valence-corrected chi connectivity index (χ3v) is 6.70. The molecule has 0 aliphatic carbocycles. The van der Waals surface area contributed by atoms with Gasteiger partial charge in [-0.25, -0.2) is 27.7 Å². The van der Waals surface area contributed by atoms with Crippen LogP contribution in [-0.2, 0) is 30.7 Å². The van der Waals surface area contributed by atoms with Gasteiger partial charge in [-0.1, -0.05) is 18.2 Å². The Hall–Kier alpha value is -3.44. The molecule has 1 N–H and O–H groups in total. The van der Waals surface area contributed by atoms with Crippen LogP contribution in [0, 0.1) is 6.92 Å². The number of sulfonamides is 1. The van der Waals surface area contributed by atoms with Gasteiger partial charge in [-0.2, -0.15) is 0 Å². The average molecular weight is 588 g/mol. The summed E-state index contributed by atoms with van der Waals surface area (Å²) in [6.07, 6.45) is 4.38. The number of aromatic nitrogens is 1. The molecule has 1 saturated heterocycles. The van der Waals surface area contributed by atoms with Crippen LogP contribution in [0.2, 0.25) is 0 Å². The van der Waals surface area contributed by atoms with Crippen LogP contribution in [0.1, 0.15) is 64.8 Å². The molecular formula is C30H41N3O7S. The van der Waals surface area contributed by atoms with Gasteiger partial charge in [0, 0.05) is 24.2 Å². The molecule has 2 aromatic rings. The summed E-state index contributed by atoms with van der Waals surface area (Å²) in [4.78, 5) is 31.1. The molecule has 1 aliphatic rings. The topological polar surface area (TPSA) is 124 Å². The van der Waals surface area contributed by atoms with Gasteiger partial charge in [0.2, 0.25) is 15.9 Å². The molecule has 2 atom stereocenters. The first kappa shape index (κ1) is 32.1. The van der Waals surface area contributed by atoms with E-state index in [0.717, 1.165) is 17.4 Å². The summed E-state index contributed by atoms with van der Waals surface area (Å²) in [5.74, 6) is 0.438. The molecule has 2 heterocycles. The average Bonchev–Trinajstić information content (AvgIpc) is 3.18. The number of pyridine rings is 1. The highest BCUT2D eigenvalue weighted by atomic mass is 32.2. The molecular weight excluding hydrogens is 546 g/mol. The maximum absolute atomic E-state index is 13.0. The van der Waals surface area contributed by atoms with Gasteiger partial charge in [0.05, 0.1) is 18.0 Å². The molecule has 1 aromatic heterocycles. The minimum atomic E-state index is -3.49. The molecule has 10 nitrogen and oxygen atoms in total. The Kier molecular flexibility index (Phi) is 9.86. The van der Waals surface area contributed by atoms with Gasteiger partial charge in [-0.05, 0) is 91.1 Å². The lowest BCUT2D eigenvalue weighted by molar-refractivity contribution is -0.148. The summed E-state index contributed by atoms with van der Waals surface area (Å²) in [7, 11) is -3.49. The first-order chi connectivity index (χ1) is 18.9. The minimum Gasteiger partial charge on any atom is -0.457 e. The maximum Gasteiger partial charge on any atom is 0.410 e. The second-order valence-corrected chi connectivity index (χ2v) is 14.0. The van der Waals surface area contributed by atoms with E-state index in [-0.39, 0.29) is 0 Å². The molecule has 3 rings (SSSR count). The molecule has 0 bridgehead atoms. The lowest BCUT2D eigenvalue weighted by atomic mass is 10.0. The first-order valence-electron chi connectivity index (χ1n) is 13.5. The van der Waals surface area contributed by atoms with Crippen molar-refractivity contribution < 1.29 is 32.2 Å². The number of aryl methyl sites for hydroxylation is 1. The Morgan fingerprint density at radius 2 is 1.76 bits per heavy atom. The SMILES string of the molecule is Cc1ccc(C=CC(=O)OC(C)(C)C)nc1Oc1cccc(C[C@H]2[C@@H](NS(C)(=O)=O)CCN2C(=O)OC(C)(C)C)c1. The Balaban J connectivity index is 1.80. The summed E-state index contributed by atoms with van der Waals surface area (Å²) < 4.78 is 43.8. The standard InChI is InChI=1S/C30H41N3O7S/c1-20-12-13-22(14-15-26(34)39-29(2,3)4)31-27(20)38-23-11-9-10-21(18-23)19-25-24(32-41(8,36)37)16-17-33(25)28(35)40-30(5,6)7/h9-15,18,24-25,32H,16-17,19H2,1-8H3/t24-,25-/m0/s1. The lowest BCUT2D eigenvalue weighted by Gasteiger charge is -2.31. The molecule has 1 aromatic carbocycles. The van der Waals surface area contributed by atoms with Gasteiger partial charge in [0.25, 0.3) is 0 Å². The minimum absolute atomic E-state index is 0.371. The van der Waals surface area contributed by atoms with E-state index in [9.17, 15) is 18.0 Å². The molecule has 1 fully saturated rings. The number of ether oxygens (including phenoxy) is 3. The Morgan fingerprint density at radius 1 is 1.07 bits per heavy atom. The van der Waals surface area contributed by atoms with Crippen LogP contribution in [0.3, 0.4) is 0 Å². The quantitative estimate of drug-likeness (QED) is 0.338. The molecule has 1 aliphatic heterocycles. The molecule has 0 saturated carbocycles. The molecule has 0 radical (unpaired) electrons. The molecule has 11 heteroatoms. The zero-order chi connectivity index (χ0) is 30.6. The first-order valence-corrected chi connectivity index (χ1v) is 15.4. The third kappa shape index (κ3) is 10.5. The van der Waals surface area contributed by atoms with E-state index in [0.29, 0.717) is 36.7 Å². The van der Waals surface area contributed by atoms with Gasteiger partial charge >= 0.3 is 12.1 Å². The number of hydrogen-bond acceptors (Lipinski definition) is 8. The van der Waals surface area contributed by atoms with Crippen molar-refractivity contribution in [1.82, 2.24) is 14.6 Å². The van der Waals surface area contributed by atoms with Gasteiger partial charge < -0.3 is 19.1 Å². The highest BCUT2D eigenvalue weighted by Crippen LogP contribution is 2.28. The van der Waals surface area contributed by atoms with Crippen molar-refractivity contribution in [3.8, 4) is 11.6 Å². The number of carbonyl (C=O) groups is 2. The fraction of sp³-hybridized carbons (Fsp3) is 0.500. The smallest absolute Gasteiger partial charge is 0.410 e. The van der Waals surface area contributed by atoms with Gasteiger partial charge in [-0.3, -0.25) is 0 Å². The fourth-order valence-electron chi connectivity index (χ4n) is 4.36. The molecule has 0 unspecified atom stereocenters. The van der Waals surface area contributed by atoms with E-state index in [1.54, 1.807) is 64.7 Å². The number of nitrogens with one attached hydrogen (secondary N) is 1. The zero-order valence-electron chi connectivity index (χ0n) is 25.1. The summed E-state index contributed by atoms with van der Waals surface area (Å²) in [6, 6.07) is 10.1. The zero-order valence-corrected chi connectivity index (χ0v) is 25.9. The number of likely N-dealkylation sites (tertiary alicyclic amines) is 1. The number of benzene rings is 1. The Labute approximate surface area is 243 Å². The number of amides is 1. The predicted molar refractivity (Wildman–Crippen MR) is 157 cm³/mol. The van der Waals surface area contributed by atoms with Crippen LogP contribution in [0.4, 0.5) is 4.79 Å². The van der Waals surface area contributed by atoms with E-state index in [2.05, 4.69) is 9.71 Å². The molecule has 224 valence electrons. The van der Waals surface area contributed by atoms with Crippen LogP contribution < -0.4 is 9.46 Å². The van der Waals surface area contributed by atoms with Crippen LogP contribution in [0.5, 0.6) is 11.6 Å². The molecule has 0 spiro atoms. The van der Waals surface area contributed by atoms with Crippen molar-refractivity contribution in [3.63, 3.8) is 0 Å². The number of hydrogen-bond donors (Lipinski definition) is 1. The Morgan fingerprint density at radius 3 is 2.39 bits per heavy atom. The fourth-order valence-corrected chi connectivity index (χ4v) is 5.19. The summed E-state index contributed by atoms with van der Waals surface area (Å²) in [5.41, 5.74) is 0.904. The van der Waals surface area contributed by atoms with Crippen LogP contribution in [-0.4, -0.2) is 66.5 Å². The highest BCUT2D eigenvalue weighted by molar-refractivity contribution is 7.88. The Bertz CT molecular complexity index is 1390. The molecule has 1 amide bonds. The molecule has 41 heavy (non-hydrogen) atoms. The van der Waals surface area contributed by atoms with Crippen molar-refractivity contribution in [3.05, 3.63) is 59.3 Å². The number of rotatable bonds is 8. The van der Waals surface area contributed by atoms with E-state index >= 15 is 0 Å². The van der Waals surface area contributed by atoms with E-state index in [1.807, 2.05) is 31.2 Å². The van der Waals surface area contributed by atoms with Crippen LogP contribution in [0.15, 0.2) is 42.5 Å². The highest BCUT2D eigenvalue weighted by Gasteiger charge is 2.40. The van der Waals surface area contributed by atoms with Gasteiger partial charge in [-0.15, -0.1) is 0 Å². The largest absolute Gasteiger partial charge is 0.457 e. The van der Waals surface area contributed by atoms with E-state index in [1.165, 1.54) is 6.08 Å². The number of esters is 1. The second-order valence-electron chi connectivity index (χ2n) is 12.2. The predicted octanol–water partition coefficient (Wildman–Crippen LogP) is 5.01. The summed E-state index contributed by atoms with van der Waals surface area (Å²) in [5, 5.41) is 0. The van der Waals surface area contributed by atoms with Crippen LogP contribution in [0.25, 0.3) is 6.08 Å².